The van der Waals surface area contributed by atoms with Gasteiger partial charge in [-0.1, -0.05) is 30.4 Å². The summed E-state index contributed by atoms with van der Waals surface area (Å²) in [6.45, 7) is 2.91. The van der Waals surface area contributed by atoms with Crippen LogP contribution in [0.4, 0.5) is 0 Å². The van der Waals surface area contributed by atoms with Crippen LogP contribution in [-0.4, -0.2) is 31.9 Å². The Morgan fingerprint density at radius 2 is 1.64 bits per heavy atom. The fraction of sp³-hybridized carbons (Fsp3) is 0.227. The van der Waals surface area contributed by atoms with Crippen LogP contribution in [0.2, 0.25) is 0 Å². The molecule has 0 aliphatic heterocycles. The van der Waals surface area contributed by atoms with Gasteiger partial charge in [0.2, 0.25) is 5.75 Å². The number of carboxylic acids is 1. The number of benzene rings is 2. The molecule has 6 nitrogen and oxygen atoms in total. The van der Waals surface area contributed by atoms with E-state index in [2.05, 4.69) is 0 Å². The number of ether oxygens (including phenoxy) is 4. The second-order valence-corrected chi connectivity index (χ2v) is 5.68. The zero-order valence-corrected chi connectivity index (χ0v) is 16.2. The van der Waals surface area contributed by atoms with Gasteiger partial charge in [0.1, 0.15) is 12.4 Å². The summed E-state index contributed by atoms with van der Waals surface area (Å²) in [5.41, 5.74) is 1.77. The lowest BCUT2D eigenvalue weighted by atomic mass is 10.1. The van der Waals surface area contributed by atoms with E-state index in [1.165, 1.54) is 6.08 Å². The van der Waals surface area contributed by atoms with Gasteiger partial charge in [-0.25, -0.2) is 4.79 Å². The average Bonchev–Trinajstić information content (AvgIpc) is 2.70. The third-order valence-electron chi connectivity index (χ3n) is 3.74. The Hall–Kier alpha value is -3.41. The summed E-state index contributed by atoms with van der Waals surface area (Å²) >= 11 is 0. The molecule has 1 N–H and O–H groups in total. The van der Waals surface area contributed by atoms with Crippen molar-refractivity contribution in [1.82, 2.24) is 0 Å². The number of carboxylic acid groups (broad SMARTS) is 1. The zero-order chi connectivity index (χ0) is 20.4. The highest BCUT2D eigenvalue weighted by molar-refractivity contribution is 5.80. The lowest BCUT2D eigenvalue weighted by Gasteiger charge is -2.15. The zero-order valence-electron chi connectivity index (χ0n) is 16.2. The van der Waals surface area contributed by atoms with Crippen LogP contribution < -0.4 is 18.9 Å². The predicted molar refractivity (Wildman–Crippen MR) is 107 cm³/mol. The molecule has 0 heterocycles. The van der Waals surface area contributed by atoms with Gasteiger partial charge in [0.05, 0.1) is 20.8 Å². The summed E-state index contributed by atoms with van der Waals surface area (Å²) in [7, 11) is 3.10. The van der Waals surface area contributed by atoms with Gasteiger partial charge in [-0.2, -0.15) is 0 Å². The van der Waals surface area contributed by atoms with Crippen molar-refractivity contribution < 1.29 is 28.8 Å². The molecule has 0 unspecified atom stereocenters. The Morgan fingerprint density at radius 1 is 1.00 bits per heavy atom. The molecule has 0 saturated heterocycles. The van der Waals surface area contributed by atoms with Gasteiger partial charge in [-0.15, -0.1) is 0 Å². The van der Waals surface area contributed by atoms with Crippen molar-refractivity contribution in [3.05, 3.63) is 65.8 Å². The van der Waals surface area contributed by atoms with E-state index in [9.17, 15) is 4.79 Å². The van der Waals surface area contributed by atoms with Gasteiger partial charge in [0.25, 0.3) is 0 Å². The maximum absolute atomic E-state index is 10.5. The van der Waals surface area contributed by atoms with Crippen LogP contribution in [0.1, 0.15) is 18.1 Å². The first-order valence-electron chi connectivity index (χ1n) is 8.75. The van der Waals surface area contributed by atoms with Gasteiger partial charge in [0.15, 0.2) is 11.5 Å². The summed E-state index contributed by atoms with van der Waals surface area (Å²) in [6, 6.07) is 11.3. The number of allylic oxidation sites excluding steroid dienone is 2. The Labute approximate surface area is 164 Å². The van der Waals surface area contributed by atoms with Crippen LogP contribution >= 0.6 is 0 Å². The van der Waals surface area contributed by atoms with Crippen molar-refractivity contribution in [2.75, 3.05) is 20.8 Å². The molecule has 0 aliphatic carbocycles. The van der Waals surface area contributed by atoms with E-state index in [0.29, 0.717) is 30.5 Å². The number of hydrogen-bond donors (Lipinski definition) is 1. The van der Waals surface area contributed by atoms with Crippen LogP contribution in [0.15, 0.2) is 54.6 Å². The first-order chi connectivity index (χ1) is 13.6. The quantitative estimate of drug-likeness (QED) is 0.485. The summed E-state index contributed by atoms with van der Waals surface area (Å²) in [4.78, 5) is 10.5. The van der Waals surface area contributed by atoms with Gasteiger partial charge in [0, 0.05) is 6.08 Å². The highest BCUT2D eigenvalue weighted by Gasteiger charge is 2.14. The van der Waals surface area contributed by atoms with Crippen molar-refractivity contribution >= 4 is 12.0 Å². The second kappa shape index (κ2) is 10.7. The molecule has 148 valence electrons. The maximum Gasteiger partial charge on any atom is 0.328 e. The molecule has 6 heteroatoms. The Bertz CT molecular complexity index is 812. The molecule has 0 aromatic heterocycles. The fourth-order valence-corrected chi connectivity index (χ4v) is 2.45. The summed E-state index contributed by atoms with van der Waals surface area (Å²) < 4.78 is 22.3. The van der Waals surface area contributed by atoms with Crippen LogP contribution in [0.25, 0.3) is 6.08 Å². The molecular weight excluding hydrogens is 360 g/mol. The lowest BCUT2D eigenvalue weighted by molar-refractivity contribution is -0.131. The minimum atomic E-state index is -1.00. The normalized spacial score (nSPS) is 11.0. The van der Waals surface area contributed by atoms with Crippen molar-refractivity contribution in [2.24, 2.45) is 0 Å². The van der Waals surface area contributed by atoms with Crippen molar-refractivity contribution in [3.8, 4) is 23.0 Å². The molecule has 2 rings (SSSR count). The first kappa shape index (κ1) is 20.9. The molecule has 0 aliphatic rings. The van der Waals surface area contributed by atoms with E-state index in [1.807, 2.05) is 31.2 Å². The SMILES string of the molecule is CCOc1ccc(COc2c(OC)cc(/C=C\C=C/C(=O)O)cc2OC)cc1. The van der Waals surface area contributed by atoms with E-state index in [1.54, 1.807) is 38.5 Å². The smallest absolute Gasteiger partial charge is 0.328 e. The van der Waals surface area contributed by atoms with E-state index in [0.717, 1.165) is 23.0 Å². The fourth-order valence-electron chi connectivity index (χ4n) is 2.45. The minimum absolute atomic E-state index is 0.343. The highest BCUT2D eigenvalue weighted by atomic mass is 16.5. The molecule has 2 aromatic carbocycles. The van der Waals surface area contributed by atoms with E-state index in [4.69, 9.17) is 24.1 Å². The molecule has 0 amide bonds. The number of methoxy groups -OCH3 is 2. The predicted octanol–water partition coefficient (Wildman–Crippen LogP) is 4.34. The van der Waals surface area contributed by atoms with Crippen molar-refractivity contribution in [2.45, 2.75) is 13.5 Å². The second-order valence-electron chi connectivity index (χ2n) is 5.68. The minimum Gasteiger partial charge on any atom is -0.494 e. The monoisotopic (exact) mass is 384 g/mol. The lowest BCUT2D eigenvalue weighted by Crippen LogP contribution is -2.01. The van der Waals surface area contributed by atoms with E-state index in [-0.39, 0.29) is 0 Å². The topological polar surface area (TPSA) is 74.2 Å². The summed E-state index contributed by atoms with van der Waals surface area (Å²) in [6.07, 6.45) is 5.88. The van der Waals surface area contributed by atoms with Crippen LogP contribution in [0.5, 0.6) is 23.0 Å². The maximum atomic E-state index is 10.5. The number of hydrogen-bond acceptors (Lipinski definition) is 5. The summed E-state index contributed by atoms with van der Waals surface area (Å²) in [5, 5.41) is 8.62. The van der Waals surface area contributed by atoms with Gasteiger partial charge >= 0.3 is 5.97 Å². The number of rotatable bonds is 10. The van der Waals surface area contributed by atoms with Crippen LogP contribution in [0.3, 0.4) is 0 Å². The Morgan fingerprint density at radius 3 is 2.18 bits per heavy atom. The molecule has 0 bridgehead atoms. The van der Waals surface area contributed by atoms with Gasteiger partial charge in [-0.05, 0) is 42.3 Å². The molecule has 0 fully saturated rings. The highest BCUT2D eigenvalue weighted by Crippen LogP contribution is 2.39. The number of carbonyl (C=O) groups is 1. The Balaban J connectivity index is 2.17. The van der Waals surface area contributed by atoms with Crippen molar-refractivity contribution in [3.63, 3.8) is 0 Å². The summed E-state index contributed by atoms with van der Waals surface area (Å²) in [5.74, 6) is 1.35. The molecule has 0 radical (unpaired) electrons. The molecular formula is C22H24O6. The Kier molecular flexibility index (Phi) is 7.96. The molecule has 0 spiro atoms. The van der Waals surface area contributed by atoms with Crippen molar-refractivity contribution in [1.29, 1.82) is 0 Å². The largest absolute Gasteiger partial charge is 0.494 e. The molecule has 0 saturated carbocycles. The van der Waals surface area contributed by atoms with Gasteiger partial charge < -0.3 is 24.1 Å². The third kappa shape index (κ3) is 6.09. The standard InChI is InChI=1S/C22H24O6/c1-4-27-18-11-9-16(10-12-18)15-28-22-19(25-2)13-17(14-20(22)26-3)7-5-6-8-21(23)24/h5-14H,4,15H2,1-3H3,(H,23,24)/b7-5-,8-6-. The van der Waals surface area contributed by atoms with E-state index >= 15 is 0 Å². The molecule has 28 heavy (non-hydrogen) atoms. The van der Waals surface area contributed by atoms with Crippen LogP contribution in [0, 0.1) is 0 Å². The average molecular weight is 384 g/mol. The first-order valence-corrected chi connectivity index (χ1v) is 8.75. The van der Waals surface area contributed by atoms with Crippen LogP contribution in [-0.2, 0) is 11.4 Å². The third-order valence-corrected chi connectivity index (χ3v) is 3.74. The van der Waals surface area contributed by atoms with E-state index < -0.39 is 5.97 Å². The van der Waals surface area contributed by atoms with Gasteiger partial charge in [-0.3, -0.25) is 0 Å². The molecule has 0 atom stereocenters. The molecule has 2 aromatic rings. The number of aliphatic carboxylic acids is 1.